The van der Waals surface area contributed by atoms with Crippen LogP contribution in [0.5, 0.6) is 0 Å². The van der Waals surface area contributed by atoms with Gasteiger partial charge < -0.3 is 5.11 Å². The third-order valence-corrected chi connectivity index (χ3v) is 2.99. The minimum atomic E-state index is -0.967. The Kier molecular flexibility index (Phi) is 4.42. The Morgan fingerprint density at radius 2 is 1.95 bits per heavy atom. The second kappa shape index (κ2) is 6.25. The highest BCUT2D eigenvalue weighted by molar-refractivity contribution is 5.75. The summed E-state index contributed by atoms with van der Waals surface area (Å²) < 4.78 is 12.8. The molecule has 2 N–H and O–H groups in total. The highest BCUT2D eigenvalue weighted by Crippen LogP contribution is 2.18. The lowest BCUT2D eigenvalue weighted by Crippen LogP contribution is -2.31. The van der Waals surface area contributed by atoms with Crippen molar-refractivity contribution in [1.82, 2.24) is 10.3 Å². The van der Waals surface area contributed by atoms with Crippen LogP contribution in [0.15, 0.2) is 48.7 Å². The van der Waals surface area contributed by atoms with E-state index in [-0.39, 0.29) is 6.04 Å². The number of rotatable bonds is 5. The number of nitrogens with zero attached hydrogens (tertiary/aromatic N) is 1. The van der Waals surface area contributed by atoms with Gasteiger partial charge in [0.05, 0.1) is 11.9 Å². The standard InChI is InChI=1S/C15H15FN2O2/c1-10(13-8-7-12(16)9-17-13)18-14(15(19)20)11-5-3-2-4-6-11/h2-10,14,18H,1H3,(H,19,20). The maximum Gasteiger partial charge on any atom is 0.325 e. The average Bonchev–Trinajstić information content (AvgIpc) is 2.46. The monoisotopic (exact) mass is 274 g/mol. The van der Waals surface area contributed by atoms with Crippen LogP contribution in [0.3, 0.4) is 0 Å². The molecule has 20 heavy (non-hydrogen) atoms. The lowest BCUT2D eigenvalue weighted by atomic mass is 10.1. The molecule has 5 heteroatoms. The fraction of sp³-hybridized carbons (Fsp3) is 0.200. The summed E-state index contributed by atoms with van der Waals surface area (Å²) in [6.07, 6.45) is 1.12. The summed E-state index contributed by atoms with van der Waals surface area (Å²) in [5.41, 5.74) is 1.25. The molecular formula is C15H15FN2O2. The van der Waals surface area contributed by atoms with E-state index in [1.54, 1.807) is 31.2 Å². The molecule has 1 heterocycles. The summed E-state index contributed by atoms with van der Waals surface area (Å²) in [6.45, 7) is 1.79. The van der Waals surface area contributed by atoms with E-state index in [9.17, 15) is 14.3 Å². The number of aromatic nitrogens is 1. The molecule has 2 rings (SSSR count). The average molecular weight is 274 g/mol. The normalized spacial score (nSPS) is 13.7. The van der Waals surface area contributed by atoms with Crippen molar-refractivity contribution >= 4 is 5.97 Å². The summed E-state index contributed by atoms with van der Waals surface area (Å²) in [5, 5.41) is 12.3. The first-order valence-corrected chi connectivity index (χ1v) is 6.23. The molecule has 0 fully saturated rings. The number of carboxylic acid groups (broad SMARTS) is 1. The van der Waals surface area contributed by atoms with Gasteiger partial charge in [-0.25, -0.2) is 4.39 Å². The van der Waals surface area contributed by atoms with Crippen molar-refractivity contribution in [3.63, 3.8) is 0 Å². The number of halogens is 1. The minimum absolute atomic E-state index is 0.308. The topological polar surface area (TPSA) is 62.2 Å². The van der Waals surface area contributed by atoms with Gasteiger partial charge in [-0.15, -0.1) is 0 Å². The molecular weight excluding hydrogens is 259 g/mol. The fourth-order valence-electron chi connectivity index (χ4n) is 1.93. The van der Waals surface area contributed by atoms with E-state index >= 15 is 0 Å². The molecule has 0 aliphatic rings. The van der Waals surface area contributed by atoms with Crippen molar-refractivity contribution in [3.05, 3.63) is 65.7 Å². The fourth-order valence-corrected chi connectivity index (χ4v) is 1.93. The van der Waals surface area contributed by atoms with Gasteiger partial charge >= 0.3 is 5.97 Å². The van der Waals surface area contributed by atoms with E-state index < -0.39 is 17.8 Å². The van der Waals surface area contributed by atoms with Crippen molar-refractivity contribution < 1.29 is 14.3 Å². The third-order valence-electron chi connectivity index (χ3n) is 2.99. The lowest BCUT2D eigenvalue weighted by Gasteiger charge is -2.20. The highest BCUT2D eigenvalue weighted by atomic mass is 19.1. The van der Waals surface area contributed by atoms with E-state index in [1.165, 1.54) is 12.1 Å². The molecule has 0 saturated carbocycles. The number of nitrogens with one attached hydrogen (secondary N) is 1. The summed E-state index contributed by atoms with van der Waals surface area (Å²) in [7, 11) is 0. The molecule has 1 aromatic heterocycles. The SMILES string of the molecule is CC(NC(C(=O)O)c1ccccc1)c1ccc(F)cn1. The Morgan fingerprint density at radius 1 is 1.25 bits per heavy atom. The summed E-state index contributed by atoms with van der Waals surface area (Å²) >= 11 is 0. The van der Waals surface area contributed by atoms with Crippen molar-refractivity contribution in [2.24, 2.45) is 0 Å². The molecule has 2 aromatic rings. The van der Waals surface area contributed by atoms with Gasteiger partial charge in [-0.05, 0) is 24.6 Å². The van der Waals surface area contributed by atoms with Crippen LogP contribution in [-0.2, 0) is 4.79 Å². The second-order valence-electron chi connectivity index (χ2n) is 4.47. The smallest absolute Gasteiger partial charge is 0.325 e. The molecule has 0 spiro atoms. The van der Waals surface area contributed by atoms with Gasteiger partial charge in [0.25, 0.3) is 0 Å². The Morgan fingerprint density at radius 3 is 2.50 bits per heavy atom. The minimum Gasteiger partial charge on any atom is -0.480 e. The van der Waals surface area contributed by atoms with Crippen LogP contribution >= 0.6 is 0 Å². The third kappa shape index (κ3) is 3.39. The summed E-state index contributed by atoms with van der Waals surface area (Å²) in [4.78, 5) is 15.3. The first-order valence-electron chi connectivity index (χ1n) is 6.23. The van der Waals surface area contributed by atoms with Crippen LogP contribution in [0.2, 0.25) is 0 Å². The molecule has 0 bridgehead atoms. The Labute approximate surface area is 116 Å². The Hall–Kier alpha value is -2.27. The van der Waals surface area contributed by atoms with E-state index in [1.807, 2.05) is 6.07 Å². The number of aliphatic carboxylic acids is 1. The van der Waals surface area contributed by atoms with Crippen molar-refractivity contribution in [3.8, 4) is 0 Å². The number of benzene rings is 1. The molecule has 0 aliphatic heterocycles. The van der Waals surface area contributed by atoms with Gasteiger partial charge in [-0.2, -0.15) is 0 Å². The number of pyridine rings is 1. The van der Waals surface area contributed by atoms with Crippen LogP contribution in [0.4, 0.5) is 4.39 Å². The van der Waals surface area contributed by atoms with Crippen molar-refractivity contribution in [1.29, 1.82) is 0 Å². The zero-order valence-electron chi connectivity index (χ0n) is 11.0. The summed E-state index contributed by atoms with van der Waals surface area (Å²) in [6, 6.07) is 10.6. The van der Waals surface area contributed by atoms with Crippen molar-refractivity contribution in [2.45, 2.75) is 19.0 Å². The molecule has 0 saturated heterocycles. The molecule has 104 valence electrons. The van der Waals surface area contributed by atoms with Gasteiger partial charge in [-0.3, -0.25) is 15.1 Å². The van der Waals surface area contributed by atoms with Crippen LogP contribution in [0.25, 0.3) is 0 Å². The highest BCUT2D eigenvalue weighted by Gasteiger charge is 2.22. The van der Waals surface area contributed by atoms with Crippen LogP contribution < -0.4 is 5.32 Å². The molecule has 0 amide bonds. The first kappa shape index (κ1) is 14.1. The zero-order chi connectivity index (χ0) is 14.5. The van der Waals surface area contributed by atoms with Gasteiger partial charge in [0.1, 0.15) is 11.9 Å². The van der Waals surface area contributed by atoms with Crippen LogP contribution in [0.1, 0.15) is 30.3 Å². The first-order chi connectivity index (χ1) is 9.58. The predicted octanol–water partition coefficient (Wildman–Crippen LogP) is 2.70. The molecule has 2 atom stereocenters. The molecule has 4 nitrogen and oxygen atoms in total. The van der Waals surface area contributed by atoms with Gasteiger partial charge in [-0.1, -0.05) is 30.3 Å². The Bertz CT molecular complexity index is 572. The molecule has 0 aliphatic carbocycles. The maximum absolute atomic E-state index is 12.8. The van der Waals surface area contributed by atoms with E-state index in [4.69, 9.17) is 0 Å². The van der Waals surface area contributed by atoms with Gasteiger partial charge in [0, 0.05) is 6.04 Å². The molecule has 0 radical (unpaired) electrons. The second-order valence-corrected chi connectivity index (χ2v) is 4.47. The Balaban J connectivity index is 2.16. The number of carboxylic acids is 1. The van der Waals surface area contributed by atoms with E-state index in [0.29, 0.717) is 11.3 Å². The number of hydrogen-bond donors (Lipinski definition) is 2. The van der Waals surface area contributed by atoms with Gasteiger partial charge in [0.2, 0.25) is 0 Å². The molecule has 1 aromatic carbocycles. The van der Waals surface area contributed by atoms with Crippen molar-refractivity contribution in [2.75, 3.05) is 0 Å². The summed E-state index contributed by atoms with van der Waals surface area (Å²) in [5.74, 6) is -1.39. The van der Waals surface area contributed by atoms with Gasteiger partial charge in [0.15, 0.2) is 0 Å². The largest absolute Gasteiger partial charge is 0.480 e. The predicted molar refractivity (Wildman–Crippen MR) is 72.6 cm³/mol. The quantitative estimate of drug-likeness (QED) is 0.880. The van der Waals surface area contributed by atoms with E-state index in [0.717, 1.165) is 6.20 Å². The van der Waals surface area contributed by atoms with E-state index in [2.05, 4.69) is 10.3 Å². The number of carbonyl (C=O) groups is 1. The number of hydrogen-bond acceptors (Lipinski definition) is 3. The van der Waals surface area contributed by atoms with Crippen LogP contribution in [0, 0.1) is 5.82 Å². The maximum atomic E-state index is 12.8. The molecule has 2 unspecified atom stereocenters. The zero-order valence-corrected chi connectivity index (χ0v) is 11.0. The van der Waals surface area contributed by atoms with Crippen LogP contribution in [-0.4, -0.2) is 16.1 Å². The lowest BCUT2D eigenvalue weighted by molar-refractivity contribution is -0.139.